The molecule has 0 unspecified atom stereocenters. The van der Waals surface area contributed by atoms with E-state index in [4.69, 9.17) is 0 Å². The average molecular weight is 411 g/mol. The van der Waals surface area contributed by atoms with Gasteiger partial charge in [-0.2, -0.15) is 0 Å². The van der Waals surface area contributed by atoms with Gasteiger partial charge in [0.1, 0.15) is 0 Å². The number of nitrogens with one attached hydrogen (secondary N) is 1. The fraction of sp³-hybridized carbons (Fsp3) is 0.667. The highest BCUT2D eigenvalue weighted by Gasteiger charge is 2.51. The third-order valence-corrected chi connectivity index (χ3v) is 7.57. The van der Waals surface area contributed by atoms with Crippen LogP contribution in [-0.2, 0) is 4.79 Å². The van der Waals surface area contributed by atoms with Gasteiger partial charge in [0.15, 0.2) is 0 Å². The Morgan fingerprint density at radius 1 is 1.21 bits per heavy atom. The van der Waals surface area contributed by atoms with Crippen molar-refractivity contribution in [3.63, 3.8) is 0 Å². The minimum absolute atomic E-state index is 0.0107. The predicted octanol–water partition coefficient (Wildman–Crippen LogP) is 3.67. The minimum atomic E-state index is -0.0913. The smallest absolute Gasteiger partial charge is 0.264 e. The number of nitrogens with zero attached hydrogens (tertiary/aromatic N) is 1. The van der Waals surface area contributed by atoms with E-state index in [0.29, 0.717) is 4.88 Å². The second-order valence-electron chi connectivity index (χ2n) is 8.01. The van der Waals surface area contributed by atoms with Crippen LogP contribution in [0, 0.1) is 17.8 Å². The molecule has 1 aromatic heterocycles. The summed E-state index contributed by atoms with van der Waals surface area (Å²) in [4.78, 5) is 27.1. The van der Waals surface area contributed by atoms with Crippen molar-refractivity contribution in [2.75, 3.05) is 13.6 Å². The van der Waals surface area contributed by atoms with Crippen LogP contribution in [0.3, 0.4) is 0 Å². The molecule has 4 bridgehead atoms. The largest absolute Gasteiger partial charge is 0.349 e. The van der Waals surface area contributed by atoms with E-state index in [9.17, 15) is 9.59 Å². The van der Waals surface area contributed by atoms with Crippen LogP contribution in [-0.4, -0.2) is 35.8 Å². The molecule has 0 radical (unpaired) electrons. The fourth-order valence-electron chi connectivity index (χ4n) is 5.50. The van der Waals surface area contributed by atoms with Gasteiger partial charge in [0.25, 0.3) is 5.91 Å². The molecule has 1 heterocycles. The first-order valence-electron chi connectivity index (χ1n) is 8.74. The highest BCUT2D eigenvalue weighted by atomic mass is 79.9. The van der Waals surface area contributed by atoms with Gasteiger partial charge in [0, 0.05) is 12.6 Å². The minimum Gasteiger partial charge on any atom is -0.349 e. The first-order chi connectivity index (χ1) is 11.4. The molecule has 4 saturated carbocycles. The summed E-state index contributed by atoms with van der Waals surface area (Å²) < 4.78 is 0.928. The predicted molar refractivity (Wildman–Crippen MR) is 98.0 cm³/mol. The van der Waals surface area contributed by atoms with Gasteiger partial charge < -0.3 is 10.2 Å². The highest BCUT2D eigenvalue weighted by molar-refractivity contribution is 9.11. The van der Waals surface area contributed by atoms with Gasteiger partial charge >= 0.3 is 0 Å². The standard InChI is InChI=1S/C18H23BrN2O2S/c1-21(17(23)14-2-3-15(19)24-14)10-16(22)20-18-7-11-4-12(8-18)6-13(5-11)9-18/h2-3,11-13H,4-10H2,1H3,(H,20,22). The normalized spacial score (nSPS) is 33.5. The lowest BCUT2D eigenvalue weighted by Crippen LogP contribution is -2.61. The molecule has 1 N–H and O–H groups in total. The van der Waals surface area contributed by atoms with Crippen LogP contribution in [0.5, 0.6) is 0 Å². The lowest BCUT2D eigenvalue weighted by atomic mass is 9.53. The van der Waals surface area contributed by atoms with E-state index in [1.807, 2.05) is 6.07 Å². The second-order valence-corrected chi connectivity index (χ2v) is 10.5. The molecule has 1 aromatic rings. The maximum absolute atomic E-state index is 12.6. The van der Waals surface area contributed by atoms with Crippen LogP contribution in [0.4, 0.5) is 0 Å². The van der Waals surface area contributed by atoms with E-state index < -0.39 is 0 Å². The lowest BCUT2D eigenvalue weighted by Gasteiger charge is -2.57. The van der Waals surface area contributed by atoms with Crippen molar-refractivity contribution in [3.8, 4) is 0 Å². The van der Waals surface area contributed by atoms with Crippen LogP contribution in [0.2, 0.25) is 0 Å². The molecule has 24 heavy (non-hydrogen) atoms. The number of likely N-dealkylation sites (N-methyl/N-ethyl adjacent to an activating group) is 1. The van der Waals surface area contributed by atoms with Gasteiger partial charge in [-0.25, -0.2) is 0 Å². The monoisotopic (exact) mass is 410 g/mol. The van der Waals surface area contributed by atoms with Crippen molar-refractivity contribution in [2.45, 2.75) is 44.1 Å². The molecule has 4 aliphatic carbocycles. The number of amides is 2. The summed E-state index contributed by atoms with van der Waals surface area (Å²) in [6.07, 6.45) is 7.50. The SMILES string of the molecule is CN(CC(=O)NC12CC3CC(CC(C3)C1)C2)C(=O)c1ccc(Br)s1. The van der Waals surface area contributed by atoms with Crippen molar-refractivity contribution >= 4 is 39.1 Å². The van der Waals surface area contributed by atoms with Crippen molar-refractivity contribution in [2.24, 2.45) is 17.8 Å². The number of hydrogen-bond donors (Lipinski definition) is 1. The zero-order valence-electron chi connectivity index (χ0n) is 13.9. The zero-order chi connectivity index (χ0) is 16.9. The molecule has 6 heteroatoms. The van der Waals surface area contributed by atoms with Crippen LogP contribution in [0.25, 0.3) is 0 Å². The summed E-state index contributed by atoms with van der Waals surface area (Å²) in [5.74, 6) is 2.31. The summed E-state index contributed by atoms with van der Waals surface area (Å²) in [7, 11) is 1.70. The molecule has 2 amide bonds. The number of carbonyl (C=O) groups excluding carboxylic acids is 2. The summed E-state index contributed by atoms with van der Waals surface area (Å²) >= 11 is 4.77. The quantitative estimate of drug-likeness (QED) is 0.822. The van der Waals surface area contributed by atoms with E-state index >= 15 is 0 Å². The summed E-state index contributed by atoms with van der Waals surface area (Å²) in [5.41, 5.74) is 0.0156. The molecule has 4 nitrogen and oxygen atoms in total. The molecule has 130 valence electrons. The van der Waals surface area contributed by atoms with Crippen LogP contribution < -0.4 is 5.32 Å². The molecule has 4 aliphatic rings. The van der Waals surface area contributed by atoms with Gasteiger partial charge in [0.05, 0.1) is 15.2 Å². The summed E-state index contributed by atoms with van der Waals surface area (Å²) in [6, 6.07) is 3.66. The number of rotatable bonds is 4. The van der Waals surface area contributed by atoms with E-state index in [1.54, 1.807) is 13.1 Å². The first-order valence-corrected chi connectivity index (χ1v) is 10.4. The van der Waals surface area contributed by atoms with E-state index in [1.165, 1.54) is 35.5 Å². The molecule has 5 rings (SSSR count). The average Bonchev–Trinajstić information content (AvgIpc) is 2.90. The fourth-order valence-corrected chi connectivity index (χ4v) is 6.88. The number of hydrogen-bond acceptors (Lipinski definition) is 3. The van der Waals surface area contributed by atoms with E-state index in [0.717, 1.165) is 40.8 Å². The Balaban J connectivity index is 1.37. The van der Waals surface area contributed by atoms with Crippen LogP contribution in [0.1, 0.15) is 48.2 Å². The molecular formula is C18H23BrN2O2S. The van der Waals surface area contributed by atoms with Crippen molar-refractivity contribution in [3.05, 3.63) is 20.8 Å². The Hall–Kier alpha value is -0.880. The zero-order valence-corrected chi connectivity index (χ0v) is 16.3. The van der Waals surface area contributed by atoms with E-state index in [-0.39, 0.29) is 23.9 Å². The van der Waals surface area contributed by atoms with Gasteiger partial charge in [-0.05, 0) is 84.3 Å². The maximum atomic E-state index is 12.6. The Labute approximate surface area is 155 Å². The Morgan fingerprint density at radius 2 is 1.79 bits per heavy atom. The van der Waals surface area contributed by atoms with E-state index in [2.05, 4.69) is 21.2 Å². The van der Waals surface area contributed by atoms with Crippen molar-refractivity contribution in [1.29, 1.82) is 0 Å². The molecule has 0 atom stereocenters. The molecule has 0 aliphatic heterocycles. The lowest BCUT2D eigenvalue weighted by molar-refractivity contribution is -0.127. The van der Waals surface area contributed by atoms with Gasteiger partial charge in [-0.15, -0.1) is 11.3 Å². The van der Waals surface area contributed by atoms with Gasteiger partial charge in [-0.1, -0.05) is 0 Å². The van der Waals surface area contributed by atoms with Gasteiger partial charge in [-0.3, -0.25) is 9.59 Å². The molecule has 0 spiro atoms. The highest BCUT2D eigenvalue weighted by Crippen LogP contribution is 2.55. The molecule has 0 saturated heterocycles. The number of thiophene rings is 1. The maximum Gasteiger partial charge on any atom is 0.264 e. The Kier molecular flexibility index (Phi) is 4.23. The third-order valence-electron chi connectivity index (χ3n) is 5.95. The van der Waals surface area contributed by atoms with Crippen LogP contribution >= 0.6 is 27.3 Å². The molecular weight excluding hydrogens is 388 g/mol. The van der Waals surface area contributed by atoms with Crippen LogP contribution in [0.15, 0.2) is 15.9 Å². The summed E-state index contributed by atoms with van der Waals surface area (Å²) in [5, 5.41) is 3.33. The first kappa shape index (κ1) is 16.6. The number of halogens is 1. The number of carbonyl (C=O) groups is 2. The van der Waals surface area contributed by atoms with Gasteiger partial charge in [0.2, 0.25) is 5.91 Å². The Morgan fingerprint density at radius 3 is 2.29 bits per heavy atom. The molecule has 4 fully saturated rings. The third kappa shape index (κ3) is 3.15. The van der Waals surface area contributed by atoms with Crippen molar-refractivity contribution < 1.29 is 9.59 Å². The van der Waals surface area contributed by atoms with Crippen molar-refractivity contribution in [1.82, 2.24) is 10.2 Å². The Bertz CT molecular complexity index is 636. The summed E-state index contributed by atoms with van der Waals surface area (Å²) in [6.45, 7) is 0.135. The topological polar surface area (TPSA) is 49.4 Å². The second kappa shape index (κ2) is 6.13. The molecule has 0 aromatic carbocycles.